The smallest absolute Gasteiger partial charge is 0.203 e. The average molecular weight is 384 g/mol. The van der Waals surface area contributed by atoms with Crippen molar-refractivity contribution < 1.29 is 18.9 Å². The first-order valence-corrected chi connectivity index (χ1v) is 9.25. The number of benzene rings is 2. The molecule has 2 aromatic carbocycles. The molecule has 6 heteroatoms. The Morgan fingerprint density at radius 3 is 2.21 bits per heavy atom. The average Bonchev–Trinajstić information content (AvgIpc) is 2.91. The Morgan fingerprint density at radius 2 is 1.64 bits per heavy atom. The van der Waals surface area contributed by atoms with E-state index in [-0.39, 0.29) is 5.92 Å². The van der Waals surface area contributed by atoms with Gasteiger partial charge in [0.2, 0.25) is 5.75 Å². The molecule has 0 amide bonds. The molecule has 0 saturated heterocycles. The zero-order valence-electron chi connectivity index (χ0n) is 16.9. The van der Waals surface area contributed by atoms with Crippen LogP contribution in [0.2, 0.25) is 0 Å². The van der Waals surface area contributed by atoms with Crippen molar-refractivity contribution in [2.45, 2.75) is 12.8 Å². The monoisotopic (exact) mass is 384 g/mol. The van der Waals surface area contributed by atoms with E-state index in [1.165, 1.54) is 0 Å². The predicted octanol–water partition coefficient (Wildman–Crippen LogP) is 3.26. The molecule has 1 atom stereocenters. The Hall–Kier alpha value is -2.86. The van der Waals surface area contributed by atoms with Gasteiger partial charge in [-0.2, -0.15) is 0 Å². The van der Waals surface area contributed by atoms with Crippen LogP contribution in [0.1, 0.15) is 23.1 Å². The van der Waals surface area contributed by atoms with Gasteiger partial charge in [0, 0.05) is 5.56 Å². The van der Waals surface area contributed by atoms with Gasteiger partial charge in [-0.15, -0.1) is 0 Å². The SMILES string of the molecule is COc1ccc(C2=C[C@H](CN)CCc3c2cc(OC)c(OC)c3OC)cc1N. The molecular formula is C22H28N2O4. The lowest BCUT2D eigenvalue weighted by molar-refractivity contribution is 0.321. The van der Waals surface area contributed by atoms with E-state index in [1.54, 1.807) is 28.4 Å². The molecule has 2 aromatic rings. The standard InChI is InChI=1S/C22H28N2O4/c1-25-19-8-6-14(10-18(19)24)16-9-13(12-23)5-7-15-17(16)11-20(26-2)22(28-4)21(15)27-3/h6,8-11,13H,5,7,12,23-24H2,1-4H3/t13-/m1/s1. The van der Waals surface area contributed by atoms with Crippen LogP contribution >= 0.6 is 0 Å². The van der Waals surface area contributed by atoms with Gasteiger partial charge in [0.15, 0.2) is 11.5 Å². The van der Waals surface area contributed by atoms with E-state index >= 15 is 0 Å². The van der Waals surface area contributed by atoms with E-state index < -0.39 is 0 Å². The van der Waals surface area contributed by atoms with Gasteiger partial charge in [0.05, 0.1) is 34.1 Å². The summed E-state index contributed by atoms with van der Waals surface area (Å²) in [5.74, 6) is 2.81. The highest BCUT2D eigenvalue weighted by Gasteiger charge is 2.26. The number of anilines is 1. The second kappa shape index (κ2) is 8.44. The fourth-order valence-electron chi connectivity index (χ4n) is 3.78. The van der Waals surface area contributed by atoms with Crippen molar-refractivity contribution >= 4 is 11.3 Å². The predicted molar refractivity (Wildman–Crippen MR) is 111 cm³/mol. The number of nitrogens with two attached hydrogens (primary N) is 2. The van der Waals surface area contributed by atoms with Crippen molar-refractivity contribution in [3.63, 3.8) is 0 Å². The first-order valence-electron chi connectivity index (χ1n) is 9.25. The number of methoxy groups -OCH3 is 4. The Bertz CT molecular complexity index is 893. The Kier molecular flexibility index (Phi) is 5.99. The maximum Gasteiger partial charge on any atom is 0.203 e. The third-order valence-electron chi connectivity index (χ3n) is 5.23. The quantitative estimate of drug-likeness (QED) is 0.743. The van der Waals surface area contributed by atoms with Crippen LogP contribution in [0.25, 0.3) is 5.57 Å². The van der Waals surface area contributed by atoms with Gasteiger partial charge >= 0.3 is 0 Å². The molecule has 4 N–H and O–H groups in total. The van der Waals surface area contributed by atoms with Gasteiger partial charge in [0.1, 0.15) is 5.75 Å². The summed E-state index contributed by atoms with van der Waals surface area (Å²) in [4.78, 5) is 0. The molecule has 150 valence electrons. The zero-order chi connectivity index (χ0) is 20.3. The lowest BCUT2D eigenvalue weighted by Crippen LogP contribution is -2.12. The third kappa shape index (κ3) is 3.47. The summed E-state index contributed by atoms with van der Waals surface area (Å²) in [6.07, 6.45) is 3.97. The fourth-order valence-corrected chi connectivity index (χ4v) is 3.78. The number of ether oxygens (including phenoxy) is 4. The van der Waals surface area contributed by atoms with E-state index in [2.05, 4.69) is 6.08 Å². The summed E-state index contributed by atoms with van der Waals surface area (Å²) in [5.41, 5.74) is 17.0. The largest absolute Gasteiger partial charge is 0.495 e. The summed E-state index contributed by atoms with van der Waals surface area (Å²) in [5, 5.41) is 0. The molecule has 1 aliphatic carbocycles. The molecule has 3 rings (SSSR count). The molecule has 0 spiro atoms. The number of hydrogen-bond acceptors (Lipinski definition) is 6. The maximum absolute atomic E-state index is 6.18. The third-order valence-corrected chi connectivity index (χ3v) is 5.23. The molecule has 0 saturated carbocycles. The fraction of sp³-hybridized carbons (Fsp3) is 0.364. The van der Waals surface area contributed by atoms with Gasteiger partial charge in [-0.1, -0.05) is 12.1 Å². The van der Waals surface area contributed by atoms with Crippen molar-refractivity contribution in [2.75, 3.05) is 40.7 Å². The van der Waals surface area contributed by atoms with Gasteiger partial charge in [0.25, 0.3) is 0 Å². The van der Waals surface area contributed by atoms with Crippen molar-refractivity contribution in [1.29, 1.82) is 0 Å². The summed E-state index contributed by atoms with van der Waals surface area (Å²) in [6, 6.07) is 7.82. The van der Waals surface area contributed by atoms with Gasteiger partial charge in [-0.25, -0.2) is 0 Å². The highest BCUT2D eigenvalue weighted by atomic mass is 16.5. The molecular weight excluding hydrogens is 356 g/mol. The van der Waals surface area contributed by atoms with Crippen LogP contribution in [0, 0.1) is 5.92 Å². The highest BCUT2D eigenvalue weighted by Crippen LogP contribution is 2.47. The number of rotatable bonds is 6. The molecule has 0 unspecified atom stereocenters. The molecule has 0 radical (unpaired) electrons. The normalized spacial score (nSPS) is 15.9. The maximum atomic E-state index is 6.18. The molecule has 0 aliphatic heterocycles. The Labute approximate surface area is 166 Å². The molecule has 0 heterocycles. The molecule has 0 aromatic heterocycles. The first kappa shape index (κ1) is 19.9. The minimum absolute atomic E-state index is 0.243. The molecule has 6 nitrogen and oxygen atoms in total. The summed E-state index contributed by atoms with van der Waals surface area (Å²) < 4.78 is 22.2. The van der Waals surface area contributed by atoms with E-state index in [0.29, 0.717) is 35.2 Å². The minimum Gasteiger partial charge on any atom is -0.495 e. The van der Waals surface area contributed by atoms with E-state index in [1.807, 2.05) is 24.3 Å². The van der Waals surface area contributed by atoms with Crippen molar-refractivity contribution in [3.8, 4) is 23.0 Å². The molecule has 1 aliphatic rings. The van der Waals surface area contributed by atoms with Crippen LogP contribution in [-0.4, -0.2) is 35.0 Å². The highest BCUT2D eigenvalue weighted by molar-refractivity contribution is 5.86. The second-order valence-electron chi connectivity index (χ2n) is 6.74. The van der Waals surface area contributed by atoms with Crippen molar-refractivity contribution in [3.05, 3.63) is 47.0 Å². The van der Waals surface area contributed by atoms with Gasteiger partial charge in [-0.05, 0) is 60.2 Å². The number of nitrogen functional groups attached to an aromatic ring is 1. The lowest BCUT2D eigenvalue weighted by atomic mass is 9.92. The number of fused-ring (bicyclic) bond motifs is 1. The van der Waals surface area contributed by atoms with E-state index in [0.717, 1.165) is 35.1 Å². The summed E-state index contributed by atoms with van der Waals surface area (Å²) in [7, 11) is 6.50. The zero-order valence-corrected chi connectivity index (χ0v) is 16.9. The first-order chi connectivity index (χ1) is 13.6. The van der Waals surface area contributed by atoms with Crippen LogP contribution in [0.4, 0.5) is 5.69 Å². The number of hydrogen-bond donors (Lipinski definition) is 2. The topological polar surface area (TPSA) is 89.0 Å². The van der Waals surface area contributed by atoms with Gasteiger partial charge < -0.3 is 30.4 Å². The van der Waals surface area contributed by atoms with Crippen LogP contribution in [0.3, 0.4) is 0 Å². The summed E-state index contributed by atoms with van der Waals surface area (Å²) in [6.45, 7) is 0.569. The molecule has 0 bridgehead atoms. The molecule has 28 heavy (non-hydrogen) atoms. The second-order valence-corrected chi connectivity index (χ2v) is 6.74. The molecule has 0 fully saturated rings. The van der Waals surface area contributed by atoms with Crippen molar-refractivity contribution in [1.82, 2.24) is 0 Å². The Morgan fingerprint density at radius 1 is 0.929 bits per heavy atom. The van der Waals surface area contributed by atoms with E-state index in [9.17, 15) is 0 Å². The van der Waals surface area contributed by atoms with Crippen LogP contribution in [0.5, 0.6) is 23.0 Å². The van der Waals surface area contributed by atoms with Crippen LogP contribution in [-0.2, 0) is 6.42 Å². The lowest BCUT2D eigenvalue weighted by Gasteiger charge is -2.20. The van der Waals surface area contributed by atoms with Gasteiger partial charge in [-0.3, -0.25) is 0 Å². The van der Waals surface area contributed by atoms with E-state index in [4.69, 9.17) is 30.4 Å². The van der Waals surface area contributed by atoms with Crippen LogP contribution < -0.4 is 30.4 Å². The van der Waals surface area contributed by atoms with Crippen LogP contribution in [0.15, 0.2) is 30.3 Å². The van der Waals surface area contributed by atoms with Crippen molar-refractivity contribution in [2.24, 2.45) is 11.7 Å². The minimum atomic E-state index is 0.243. The Balaban J connectivity index is 2.27. The summed E-state index contributed by atoms with van der Waals surface area (Å²) >= 11 is 0.